The average molecular weight is 319 g/mol. The van der Waals surface area contributed by atoms with Gasteiger partial charge in [-0.1, -0.05) is 31.4 Å². The van der Waals surface area contributed by atoms with Crippen molar-refractivity contribution < 1.29 is 0 Å². The molecule has 2 rings (SSSR count). The van der Waals surface area contributed by atoms with Crippen LogP contribution in [0.25, 0.3) is 0 Å². The second kappa shape index (κ2) is 7.99. The van der Waals surface area contributed by atoms with Gasteiger partial charge in [-0.15, -0.1) is 0 Å². The number of nitrogens with zero attached hydrogens (tertiary/aromatic N) is 2. The van der Waals surface area contributed by atoms with Crippen LogP contribution in [0, 0.1) is 13.8 Å². The van der Waals surface area contributed by atoms with E-state index in [1.54, 1.807) is 0 Å². The molecule has 0 aliphatic carbocycles. The predicted molar refractivity (Wildman–Crippen MR) is 94.3 cm³/mol. The predicted octanol–water partition coefficient (Wildman–Crippen LogP) is 5.09. The third kappa shape index (κ3) is 4.88. The van der Waals surface area contributed by atoms with Crippen molar-refractivity contribution >= 4 is 29.1 Å². The van der Waals surface area contributed by atoms with Crippen molar-refractivity contribution in [3.8, 4) is 0 Å². The van der Waals surface area contributed by atoms with Crippen molar-refractivity contribution in [2.45, 2.75) is 40.0 Å². The van der Waals surface area contributed by atoms with E-state index in [2.05, 4.69) is 27.5 Å². The van der Waals surface area contributed by atoms with E-state index < -0.39 is 0 Å². The zero-order chi connectivity index (χ0) is 15.9. The Labute approximate surface area is 137 Å². The standard InChI is InChI=1S/C17H23ClN4/c1-4-5-6-9-19-17-20-13(3)11-16(22-17)21-15-8-7-14(18)10-12(15)2/h7-8,10-11H,4-6,9H2,1-3H3,(H2,19,20,21,22). The fourth-order valence-corrected chi connectivity index (χ4v) is 2.42. The second-order valence-corrected chi connectivity index (χ2v) is 5.87. The van der Waals surface area contributed by atoms with Gasteiger partial charge in [-0.3, -0.25) is 0 Å². The van der Waals surface area contributed by atoms with E-state index in [4.69, 9.17) is 11.6 Å². The number of rotatable bonds is 7. The summed E-state index contributed by atoms with van der Waals surface area (Å²) in [5, 5.41) is 7.36. The summed E-state index contributed by atoms with van der Waals surface area (Å²) >= 11 is 5.99. The smallest absolute Gasteiger partial charge is 0.224 e. The summed E-state index contributed by atoms with van der Waals surface area (Å²) in [4.78, 5) is 8.95. The number of anilines is 3. The molecule has 0 radical (unpaired) electrons. The number of hydrogen-bond acceptors (Lipinski definition) is 4. The average Bonchev–Trinajstić information content (AvgIpc) is 2.46. The molecule has 5 heteroatoms. The van der Waals surface area contributed by atoms with Crippen molar-refractivity contribution in [1.29, 1.82) is 0 Å². The highest BCUT2D eigenvalue weighted by Gasteiger charge is 2.05. The van der Waals surface area contributed by atoms with Gasteiger partial charge in [0.2, 0.25) is 5.95 Å². The molecule has 0 aliphatic heterocycles. The molecule has 2 aromatic rings. The summed E-state index contributed by atoms with van der Waals surface area (Å²) < 4.78 is 0. The molecule has 0 atom stereocenters. The molecular formula is C17H23ClN4. The van der Waals surface area contributed by atoms with Crippen LogP contribution in [0.2, 0.25) is 5.02 Å². The second-order valence-electron chi connectivity index (χ2n) is 5.44. The first-order valence-electron chi connectivity index (χ1n) is 7.71. The molecule has 0 amide bonds. The van der Waals surface area contributed by atoms with Gasteiger partial charge in [0, 0.05) is 29.0 Å². The SMILES string of the molecule is CCCCCNc1nc(C)cc(Nc2ccc(Cl)cc2C)n1. The topological polar surface area (TPSA) is 49.8 Å². The summed E-state index contributed by atoms with van der Waals surface area (Å²) in [7, 11) is 0. The monoisotopic (exact) mass is 318 g/mol. The number of nitrogens with one attached hydrogen (secondary N) is 2. The van der Waals surface area contributed by atoms with Crippen molar-refractivity contribution in [3.05, 3.63) is 40.5 Å². The highest BCUT2D eigenvalue weighted by molar-refractivity contribution is 6.30. The highest BCUT2D eigenvalue weighted by Crippen LogP contribution is 2.23. The molecule has 118 valence electrons. The van der Waals surface area contributed by atoms with Crippen LogP contribution in [0.3, 0.4) is 0 Å². The Kier molecular flexibility index (Phi) is 6.01. The maximum atomic E-state index is 5.99. The number of hydrogen-bond donors (Lipinski definition) is 2. The molecule has 2 N–H and O–H groups in total. The van der Waals surface area contributed by atoms with Gasteiger partial charge < -0.3 is 10.6 Å². The normalized spacial score (nSPS) is 10.5. The zero-order valence-electron chi connectivity index (χ0n) is 13.4. The van der Waals surface area contributed by atoms with Crippen molar-refractivity contribution in [3.63, 3.8) is 0 Å². The van der Waals surface area contributed by atoms with Crippen LogP contribution in [-0.2, 0) is 0 Å². The maximum Gasteiger partial charge on any atom is 0.224 e. The number of aromatic nitrogens is 2. The third-order valence-electron chi connectivity index (χ3n) is 3.37. The molecule has 22 heavy (non-hydrogen) atoms. The molecule has 1 aromatic carbocycles. The fourth-order valence-electron chi connectivity index (χ4n) is 2.19. The zero-order valence-corrected chi connectivity index (χ0v) is 14.2. The lowest BCUT2D eigenvalue weighted by Crippen LogP contribution is -2.07. The summed E-state index contributed by atoms with van der Waals surface area (Å²) in [6.07, 6.45) is 3.56. The van der Waals surface area contributed by atoms with Crippen molar-refractivity contribution in [2.75, 3.05) is 17.2 Å². The van der Waals surface area contributed by atoms with Gasteiger partial charge in [0.15, 0.2) is 0 Å². The maximum absolute atomic E-state index is 5.99. The third-order valence-corrected chi connectivity index (χ3v) is 3.60. The molecule has 1 heterocycles. The number of halogens is 1. The lowest BCUT2D eigenvalue weighted by atomic mass is 10.2. The van der Waals surface area contributed by atoms with Crippen LogP contribution in [0.5, 0.6) is 0 Å². The van der Waals surface area contributed by atoms with Crippen molar-refractivity contribution in [1.82, 2.24) is 9.97 Å². The lowest BCUT2D eigenvalue weighted by Gasteiger charge is -2.12. The van der Waals surface area contributed by atoms with E-state index in [1.165, 1.54) is 12.8 Å². The van der Waals surface area contributed by atoms with E-state index in [-0.39, 0.29) is 0 Å². The molecular weight excluding hydrogens is 296 g/mol. The minimum absolute atomic E-state index is 0.671. The van der Waals surface area contributed by atoms with Gasteiger partial charge in [0.25, 0.3) is 0 Å². The molecule has 0 bridgehead atoms. The molecule has 0 saturated carbocycles. The number of benzene rings is 1. The summed E-state index contributed by atoms with van der Waals surface area (Å²) in [6.45, 7) is 7.08. The van der Waals surface area contributed by atoms with Crippen LogP contribution < -0.4 is 10.6 Å². The van der Waals surface area contributed by atoms with Crippen LogP contribution in [0.4, 0.5) is 17.5 Å². The van der Waals surface area contributed by atoms with Crippen LogP contribution in [0.15, 0.2) is 24.3 Å². The molecule has 0 aliphatic rings. The van der Waals surface area contributed by atoms with E-state index in [0.717, 1.165) is 40.8 Å². The summed E-state index contributed by atoms with van der Waals surface area (Å²) in [5.74, 6) is 1.46. The quantitative estimate of drug-likeness (QED) is 0.698. The Balaban J connectivity index is 2.08. The molecule has 0 unspecified atom stereocenters. The fraction of sp³-hybridized carbons (Fsp3) is 0.412. The number of unbranched alkanes of at least 4 members (excludes halogenated alkanes) is 2. The van der Waals surface area contributed by atoms with Crippen LogP contribution in [0.1, 0.15) is 37.4 Å². The molecule has 1 aromatic heterocycles. The molecule has 4 nitrogen and oxygen atoms in total. The van der Waals surface area contributed by atoms with Gasteiger partial charge >= 0.3 is 0 Å². The molecule has 0 spiro atoms. The first-order valence-corrected chi connectivity index (χ1v) is 8.09. The molecule has 0 saturated heterocycles. The lowest BCUT2D eigenvalue weighted by molar-refractivity contribution is 0.740. The minimum Gasteiger partial charge on any atom is -0.354 e. The Morgan fingerprint density at radius 3 is 2.64 bits per heavy atom. The Hall–Kier alpha value is -1.81. The van der Waals surface area contributed by atoms with E-state index >= 15 is 0 Å². The molecule has 0 fully saturated rings. The Morgan fingerprint density at radius 2 is 1.91 bits per heavy atom. The van der Waals surface area contributed by atoms with Gasteiger partial charge in [-0.25, -0.2) is 4.98 Å². The van der Waals surface area contributed by atoms with Gasteiger partial charge in [-0.2, -0.15) is 4.98 Å². The summed E-state index contributed by atoms with van der Waals surface area (Å²) in [6, 6.07) is 7.70. The number of aryl methyl sites for hydroxylation is 2. The Morgan fingerprint density at radius 1 is 1.09 bits per heavy atom. The highest BCUT2D eigenvalue weighted by atomic mass is 35.5. The van der Waals surface area contributed by atoms with Crippen LogP contribution in [-0.4, -0.2) is 16.5 Å². The van der Waals surface area contributed by atoms with Gasteiger partial charge in [0.05, 0.1) is 0 Å². The van der Waals surface area contributed by atoms with Gasteiger partial charge in [-0.05, 0) is 44.0 Å². The van der Waals surface area contributed by atoms with E-state index in [0.29, 0.717) is 5.95 Å². The van der Waals surface area contributed by atoms with Crippen LogP contribution >= 0.6 is 11.6 Å². The van der Waals surface area contributed by atoms with Crippen molar-refractivity contribution in [2.24, 2.45) is 0 Å². The van der Waals surface area contributed by atoms with E-state index in [9.17, 15) is 0 Å². The largest absolute Gasteiger partial charge is 0.354 e. The van der Waals surface area contributed by atoms with E-state index in [1.807, 2.05) is 38.1 Å². The first-order chi connectivity index (χ1) is 10.6. The minimum atomic E-state index is 0.671. The van der Waals surface area contributed by atoms with Gasteiger partial charge in [0.1, 0.15) is 5.82 Å². The Bertz CT molecular complexity index is 628. The first kappa shape index (κ1) is 16.6. The summed E-state index contributed by atoms with van der Waals surface area (Å²) in [5.41, 5.74) is 3.02.